The summed E-state index contributed by atoms with van der Waals surface area (Å²) < 4.78 is 41.0. The van der Waals surface area contributed by atoms with Gasteiger partial charge in [-0.3, -0.25) is 0 Å². The molecule has 0 saturated carbocycles. The van der Waals surface area contributed by atoms with Crippen molar-refractivity contribution in [3.8, 4) is 0 Å². The summed E-state index contributed by atoms with van der Waals surface area (Å²) in [5.74, 6) is 0. The Labute approximate surface area is 93.2 Å². The molecule has 0 unspecified atom stereocenters. The molecule has 1 saturated heterocycles. The Bertz CT molecular complexity index is 215. The third-order valence-electron chi connectivity index (χ3n) is 2.76. The average Bonchev–Trinajstić information content (AvgIpc) is 2.14. The van der Waals surface area contributed by atoms with Crippen LogP contribution in [-0.2, 0) is 4.74 Å². The van der Waals surface area contributed by atoms with E-state index in [0.29, 0.717) is 26.1 Å². The second-order valence-electron chi connectivity index (χ2n) is 4.44. The molecule has 1 aliphatic heterocycles. The van der Waals surface area contributed by atoms with Crippen molar-refractivity contribution in [3.63, 3.8) is 0 Å². The number of nitrogens with zero attached hydrogens (tertiary/aromatic N) is 1. The van der Waals surface area contributed by atoms with E-state index in [1.54, 1.807) is 7.05 Å². The highest BCUT2D eigenvalue weighted by Crippen LogP contribution is 2.23. The maximum Gasteiger partial charge on any atom is 0.390 e. The lowest BCUT2D eigenvalue weighted by atomic mass is 9.94. The molecule has 0 amide bonds. The molecule has 16 heavy (non-hydrogen) atoms. The van der Waals surface area contributed by atoms with Gasteiger partial charge in [0.25, 0.3) is 0 Å². The van der Waals surface area contributed by atoms with E-state index in [1.165, 1.54) is 4.90 Å². The normalized spacial score (nSPS) is 21.4. The van der Waals surface area contributed by atoms with Gasteiger partial charge < -0.3 is 14.7 Å². The van der Waals surface area contributed by atoms with Gasteiger partial charge in [-0.2, -0.15) is 13.2 Å². The van der Waals surface area contributed by atoms with E-state index in [9.17, 15) is 18.3 Å². The van der Waals surface area contributed by atoms with Crippen LogP contribution in [0.3, 0.4) is 0 Å². The van der Waals surface area contributed by atoms with Crippen LogP contribution < -0.4 is 0 Å². The molecule has 0 aromatic rings. The molecule has 96 valence electrons. The predicted molar refractivity (Wildman–Crippen MR) is 53.2 cm³/mol. The second-order valence-corrected chi connectivity index (χ2v) is 4.44. The molecule has 0 radical (unpaired) electrons. The largest absolute Gasteiger partial charge is 0.390 e. The quantitative estimate of drug-likeness (QED) is 0.807. The summed E-state index contributed by atoms with van der Waals surface area (Å²) in [6.45, 7) is 1.15. The van der Waals surface area contributed by atoms with Crippen molar-refractivity contribution in [1.29, 1.82) is 0 Å². The molecule has 1 fully saturated rings. The van der Waals surface area contributed by atoms with Crippen LogP contribution >= 0.6 is 0 Å². The van der Waals surface area contributed by atoms with E-state index >= 15 is 0 Å². The number of halogens is 3. The van der Waals surface area contributed by atoms with Crippen molar-refractivity contribution < 1.29 is 23.0 Å². The van der Waals surface area contributed by atoms with E-state index < -0.39 is 18.2 Å². The first kappa shape index (κ1) is 13.7. The Kier molecular flexibility index (Phi) is 4.58. The van der Waals surface area contributed by atoms with Crippen molar-refractivity contribution in [2.45, 2.75) is 31.0 Å². The van der Waals surface area contributed by atoms with Gasteiger partial charge in [-0.25, -0.2) is 0 Å². The lowest BCUT2D eigenvalue weighted by Crippen LogP contribution is -2.46. The Balaban J connectivity index is 2.29. The number of rotatable bonds is 4. The summed E-state index contributed by atoms with van der Waals surface area (Å²) in [6.07, 6.45) is -3.99. The van der Waals surface area contributed by atoms with Gasteiger partial charge in [0.2, 0.25) is 0 Å². The number of hydrogen-bond donors (Lipinski definition) is 1. The van der Waals surface area contributed by atoms with Crippen LogP contribution in [0, 0.1) is 0 Å². The van der Waals surface area contributed by atoms with Crippen molar-refractivity contribution in [3.05, 3.63) is 0 Å². The van der Waals surface area contributed by atoms with Crippen LogP contribution in [0.25, 0.3) is 0 Å². The minimum atomic E-state index is -4.13. The summed E-state index contributed by atoms with van der Waals surface area (Å²) in [4.78, 5) is 1.53. The van der Waals surface area contributed by atoms with Crippen molar-refractivity contribution in [1.82, 2.24) is 4.90 Å². The zero-order chi connectivity index (χ0) is 12.2. The van der Waals surface area contributed by atoms with E-state index in [2.05, 4.69) is 0 Å². The number of hydrogen-bond acceptors (Lipinski definition) is 3. The van der Waals surface area contributed by atoms with Gasteiger partial charge in [0, 0.05) is 39.1 Å². The van der Waals surface area contributed by atoms with E-state index in [0.717, 1.165) is 0 Å². The molecule has 1 aliphatic rings. The molecule has 1 rings (SSSR count). The third kappa shape index (κ3) is 5.14. The highest BCUT2D eigenvalue weighted by atomic mass is 19.4. The molecule has 6 heteroatoms. The predicted octanol–water partition coefficient (Wildman–Crippen LogP) is 1.41. The number of ether oxygens (including phenoxy) is 1. The SMILES string of the molecule is CN(CCC(F)(F)F)CC1(O)CCOCC1. The molecule has 1 heterocycles. The lowest BCUT2D eigenvalue weighted by Gasteiger charge is -2.35. The average molecular weight is 241 g/mol. The summed E-state index contributed by atoms with van der Waals surface area (Å²) >= 11 is 0. The zero-order valence-electron chi connectivity index (χ0n) is 9.39. The maximum absolute atomic E-state index is 12.0. The van der Waals surface area contributed by atoms with Crippen LogP contribution in [0.1, 0.15) is 19.3 Å². The maximum atomic E-state index is 12.0. The van der Waals surface area contributed by atoms with E-state index in [4.69, 9.17) is 4.74 Å². The number of aliphatic hydroxyl groups is 1. The molecule has 1 N–H and O–H groups in total. The Morgan fingerprint density at radius 3 is 2.38 bits per heavy atom. The molecule has 0 aromatic carbocycles. The van der Waals surface area contributed by atoms with Crippen molar-refractivity contribution in [2.24, 2.45) is 0 Å². The van der Waals surface area contributed by atoms with E-state index in [-0.39, 0.29) is 13.1 Å². The van der Waals surface area contributed by atoms with Crippen molar-refractivity contribution in [2.75, 3.05) is 33.4 Å². The fourth-order valence-corrected chi connectivity index (χ4v) is 1.81. The van der Waals surface area contributed by atoms with Gasteiger partial charge in [-0.15, -0.1) is 0 Å². The monoisotopic (exact) mass is 241 g/mol. The molecular formula is C10H18F3NO2. The minimum Gasteiger partial charge on any atom is -0.388 e. The summed E-state index contributed by atoms with van der Waals surface area (Å²) in [5, 5.41) is 10.1. The first-order chi connectivity index (χ1) is 7.31. The molecule has 0 spiro atoms. The van der Waals surface area contributed by atoms with Crippen LogP contribution in [0.5, 0.6) is 0 Å². The van der Waals surface area contributed by atoms with Gasteiger partial charge in [0.15, 0.2) is 0 Å². The highest BCUT2D eigenvalue weighted by molar-refractivity contribution is 4.84. The minimum absolute atomic E-state index is 0.0767. The molecule has 0 aromatic heterocycles. The first-order valence-corrected chi connectivity index (χ1v) is 5.36. The van der Waals surface area contributed by atoms with Gasteiger partial charge in [-0.05, 0) is 7.05 Å². The zero-order valence-corrected chi connectivity index (χ0v) is 9.39. The molecular weight excluding hydrogens is 223 g/mol. The van der Waals surface area contributed by atoms with E-state index in [1.807, 2.05) is 0 Å². The van der Waals surface area contributed by atoms with Gasteiger partial charge in [0.05, 0.1) is 12.0 Å². The summed E-state index contributed by atoms with van der Waals surface area (Å²) in [5.41, 5.74) is -0.890. The number of alkyl halides is 3. The first-order valence-electron chi connectivity index (χ1n) is 5.36. The summed E-state index contributed by atoms with van der Waals surface area (Å²) in [6, 6.07) is 0. The van der Waals surface area contributed by atoms with Crippen molar-refractivity contribution >= 4 is 0 Å². The fourth-order valence-electron chi connectivity index (χ4n) is 1.81. The topological polar surface area (TPSA) is 32.7 Å². The lowest BCUT2D eigenvalue weighted by molar-refractivity contribution is -0.140. The number of likely N-dealkylation sites (N-methyl/N-ethyl adjacent to an activating group) is 1. The van der Waals surface area contributed by atoms with Crippen LogP contribution in [0.15, 0.2) is 0 Å². The molecule has 3 nitrogen and oxygen atoms in total. The Morgan fingerprint density at radius 1 is 1.31 bits per heavy atom. The molecule has 0 bridgehead atoms. The standard InChI is InChI=1S/C10H18F3NO2/c1-14(5-2-10(11,12)13)8-9(15)3-6-16-7-4-9/h15H,2-8H2,1H3. The van der Waals surface area contributed by atoms with Crippen LogP contribution in [-0.4, -0.2) is 55.1 Å². The summed E-state index contributed by atoms with van der Waals surface area (Å²) in [7, 11) is 1.60. The van der Waals surface area contributed by atoms with Crippen LogP contribution in [0.2, 0.25) is 0 Å². The van der Waals surface area contributed by atoms with Gasteiger partial charge in [0.1, 0.15) is 0 Å². The fraction of sp³-hybridized carbons (Fsp3) is 1.00. The second kappa shape index (κ2) is 5.33. The Morgan fingerprint density at radius 2 is 1.88 bits per heavy atom. The van der Waals surface area contributed by atoms with Gasteiger partial charge in [-0.1, -0.05) is 0 Å². The van der Waals surface area contributed by atoms with Gasteiger partial charge >= 0.3 is 6.18 Å². The molecule has 0 atom stereocenters. The third-order valence-corrected chi connectivity index (χ3v) is 2.76. The highest BCUT2D eigenvalue weighted by Gasteiger charge is 2.32. The smallest absolute Gasteiger partial charge is 0.388 e. The van der Waals surface area contributed by atoms with Crippen LogP contribution in [0.4, 0.5) is 13.2 Å². The molecule has 0 aliphatic carbocycles. The Hall–Kier alpha value is -0.330.